The average molecular weight is 196 g/mol. The molecule has 1 heterocycles. The molecule has 0 bridgehead atoms. The number of hydrogen-bond acceptors (Lipinski definition) is 2. The molecule has 0 unspecified atom stereocenters. The Kier molecular flexibility index (Phi) is 2.93. The van der Waals surface area contributed by atoms with Crippen LogP contribution >= 0.6 is 0 Å². The Bertz CT molecular complexity index is 323. The first-order chi connectivity index (χ1) is 6.39. The second-order valence-corrected chi connectivity index (χ2v) is 4.34. The van der Waals surface area contributed by atoms with Crippen LogP contribution in [0.3, 0.4) is 0 Å². The molecule has 1 rings (SSSR count). The zero-order valence-electron chi connectivity index (χ0n) is 8.82. The van der Waals surface area contributed by atoms with Crippen LogP contribution in [-0.4, -0.2) is 20.6 Å². The Morgan fingerprint density at radius 1 is 1.57 bits per heavy atom. The van der Waals surface area contributed by atoms with E-state index in [4.69, 9.17) is 5.11 Å². The number of aromatic nitrogens is 2. The second kappa shape index (κ2) is 3.82. The van der Waals surface area contributed by atoms with Crippen LogP contribution in [0.25, 0.3) is 0 Å². The lowest BCUT2D eigenvalue weighted by Crippen LogP contribution is -2.19. The molecular weight excluding hydrogens is 180 g/mol. The molecule has 0 aliphatic rings. The SMILES string of the molecule is CC(C)(C)n1cnc(CCC(=O)O)c1. The van der Waals surface area contributed by atoms with E-state index in [-0.39, 0.29) is 12.0 Å². The summed E-state index contributed by atoms with van der Waals surface area (Å²) in [6, 6.07) is 0. The van der Waals surface area contributed by atoms with Crippen molar-refractivity contribution in [3.05, 3.63) is 18.2 Å². The van der Waals surface area contributed by atoms with Crippen LogP contribution < -0.4 is 0 Å². The maximum Gasteiger partial charge on any atom is 0.303 e. The summed E-state index contributed by atoms with van der Waals surface area (Å²) in [7, 11) is 0. The molecule has 0 atom stereocenters. The van der Waals surface area contributed by atoms with Gasteiger partial charge in [-0.05, 0) is 20.8 Å². The zero-order chi connectivity index (χ0) is 10.8. The first kappa shape index (κ1) is 10.8. The molecule has 14 heavy (non-hydrogen) atoms. The minimum Gasteiger partial charge on any atom is -0.481 e. The van der Waals surface area contributed by atoms with Gasteiger partial charge in [-0.3, -0.25) is 4.79 Å². The van der Waals surface area contributed by atoms with Gasteiger partial charge in [0.1, 0.15) is 0 Å². The Morgan fingerprint density at radius 3 is 2.64 bits per heavy atom. The number of nitrogens with zero attached hydrogens (tertiary/aromatic N) is 2. The van der Waals surface area contributed by atoms with Crippen molar-refractivity contribution in [3.8, 4) is 0 Å². The van der Waals surface area contributed by atoms with E-state index in [1.54, 1.807) is 6.33 Å². The number of carboxylic acid groups (broad SMARTS) is 1. The standard InChI is InChI=1S/C10H16N2O2/c1-10(2,3)12-6-8(11-7-12)4-5-9(13)14/h6-7H,4-5H2,1-3H3,(H,13,14). The van der Waals surface area contributed by atoms with E-state index in [0.717, 1.165) is 5.69 Å². The quantitative estimate of drug-likeness (QED) is 0.799. The number of aryl methyl sites for hydroxylation is 1. The third kappa shape index (κ3) is 2.87. The van der Waals surface area contributed by atoms with Crippen LogP contribution in [0.15, 0.2) is 12.5 Å². The van der Waals surface area contributed by atoms with Gasteiger partial charge in [0.2, 0.25) is 0 Å². The fourth-order valence-electron chi connectivity index (χ4n) is 1.09. The number of carbonyl (C=O) groups is 1. The molecule has 0 aliphatic carbocycles. The van der Waals surface area contributed by atoms with Crippen molar-refractivity contribution >= 4 is 5.97 Å². The smallest absolute Gasteiger partial charge is 0.303 e. The maximum atomic E-state index is 10.3. The van der Waals surface area contributed by atoms with Gasteiger partial charge in [-0.1, -0.05) is 0 Å². The van der Waals surface area contributed by atoms with E-state index < -0.39 is 5.97 Å². The number of imidazole rings is 1. The third-order valence-corrected chi connectivity index (χ3v) is 2.01. The minimum absolute atomic E-state index is 0.00841. The fraction of sp³-hybridized carbons (Fsp3) is 0.600. The average Bonchev–Trinajstić information content (AvgIpc) is 2.47. The van der Waals surface area contributed by atoms with E-state index in [9.17, 15) is 4.79 Å². The van der Waals surface area contributed by atoms with Gasteiger partial charge < -0.3 is 9.67 Å². The maximum absolute atomic E-state index is 10.3. The van der Waals surface area contributed by atoms with Crippen LogP contribution in [0.2, 0.25) is 0 Å². The van der Waals surface area contributed by atoms with E-state index >= 15 is 0 Å². The van der Waals surface area contributed by atoms with Crippen molar-refractivity contribution in [2.45, 2.75) is 39.2 Å². The lowest BCUT2D eigenvalue weighted by atomic mass is 10.1. The molecule has 1 aromatic heterocycles. The molecule has 78 valence electrons. The van der Waals surface area contributed by atoms with Crippen LogP contribution in [0.5, 0.6) is 0 Å². The van der Waals surface area contributed by atoms with E-state index in [0.29, 0.717) is 6.42 Å². The molecule has 0 amide bonds. The van der Waals surface area contributed by atoms with Crippen molar-refractivity contribution in [1.82, 2.24) is 9.55 Å². The predicted octanol–water partition coefficient (Wildman–Crippen LogP) is 1.66. The predicted molar refractivity (Wildman–Crippen MR) is 53.2 cm³/mol. The van der Waals surface area contributed by atoms with E-state index in [1.807, 2.05) is 10.8 Å². The highest BCUT2D eigenvalue weighted by Gasteiger charge is 2.13. The lowest BCUT2D eigenvalue weighted by molar-refractivity contribution is -0.136. The van der Waals surface area contributed by atoms with Crippen molar-refractivity contribution in [2.75, 3.05) is 0 Å². The molecule has 0 aromatic carbocycles. The molecule has 0 aliphatic heterocycles. The Hall–Kier alpha value is -1.32. The summed E-state index contributed by atoms with van der Waals surface area (Å²) in [5.74, 6) is -0.782. The molecule has 4 nitrogen and oxygen atoms in total. The Labute approximate surface area is 83.6 Å². The van der Waals surface area contributed by atoms with Gasteiger partial charge in [-0.25, -0.2) is 4.98 Å². The zero-order valence-corrected chi connectivity index (χ0v) is 8.82. The summed E-state index contributed by atoms with van der Waals surface area (Å²) in [5.41, 5.74) is 0.844. The lowest BCUT2D eigenvalue weighted by Gasteiger charge is -2.19. The van der Waals surface area contributed by atoms with Crippen molar-refractivity contribution in [3.63, 3.8) is 0 Å². The van der Waals surface area contributed by atoms with E-state index in [2.05, 4.69) is 25.8 Å². The highest BCUT2D eigenvalue weighted by atomic mass is 16.4. The van der Waals surface area contributed by atoms with Gasteiger partial charge in [0, 0.05) is 18.2 Å². The Balaban J connectivity index is 2.64. The van der Waals surface area contributed by atoms with Crippen LogP contribution in [0.4, 0.5) is 0 Å². The molecule has 0 saturated heterocycles. The topological polar surface area (TPSA) is 55.1 Å². The number of aliphatic carboxylic acids is 1. The molecule has 0 saturated carbocycles. The summed E-state index contributed by atoms with van der Waals surface area (Å²) in [6.07, 6.45) is 4.29. The molecule has 4 heteroatoms. The summed E-state index contributed by atoms with van der Waals surface area (Å²) in [4.78, 5) is 14.5. The monoisotopic (exact) mass is 196 g/mol. The van der Waals surface area contributed by atoms with Crippen molar-refractivity contribution in [2.24, 2.45) is 0 Å². The van der Waals surface area contributed by atoms with Crippen LogP contribution in [0.1, 0.15) is 32.9 Å². The van der Waals surface area contributed by atoms with Gasteiger partial charge in [0.05, 0.1) is 18.4 Å². The van der Waals surface area contributed by atoms with Gasteiger partial charge in [-0.15, -0.1) is 0 Å². The van der Waals surface area contributed by atoms with Crippen LogP contribution in [0, 0.1) is 0 Å². The van der Waals surface area contributed by atoms with Gasteiger partial charge in [0.25, 0.3) is 0 Å². The molecule has 1 aromatic rings. The van der Waals surface area contributed by atoms with Crippen molar-refractivity contribution in [1.29, 1.82) is 0 Å². The summed E-state index contributed by atoms with van der Waals surface area (Å²) < 4.78 is 1.99. The largest absolute Gasteiger partial charge is 0.481 e. The Morgan fingerprint density at radius 2 is 2.21 bits per heavy atom. The third-order valence-electron chi connectivity index (χ3n) is 2.01. The molecule has 0 spiro atoms. The second-order valence-electron chi connectivity index (χ2n) is 4.34. The molecule has 1 N–H and O–H groups in total. The van der Waals surface area contributed by atoms with Crippen molar-refractivity contribution < 1.29 is 9.90 Å². The molecular formula is C10H16N2O2. The fourth-order valence-corrected chi connectivity index (χ4v) is 1.09. The molecule has 0 radical (unpaired) electrons. The molecule has 0 fully saturated rings. The summed E-state index contributed by atoms with van der Waals surface area (Å²) >= 11 is 0. The first-order valence-corrected chi connectivity index (χ1v) is 4.65. The first-order valence-electron chi connectivity index (χ1n) is 4.65. The highest BCUT2D eigenvalue weighted by Crippen LogP contribution is 2.14. The van der Waals surface area contributed by atoms with Gasteiger partial charge in [0.15, 0.2) is 0 Å². The van der Waals surface area contributed by atoms with Gasteiger partial charge in [-0.2, -0.15) is 0 Å². The van der Waals surface area contributed by atoms with Gasteiger partial charge >= 0.3 is 5.97 Å². The van der Waals surface area contributed by atoms with Crippen LogP contribution in [-0.2, 0) is 16.8 Å². The van der Waals surface area contributed by atoms with E-state index in [1.165, 1.54) is 0 Å². The summed E-state index contributed by atoms with van der Waals surface area (Å²) in [6.45, 7) is 6.24. The highest BCUT2D eigenvalue weighted by molar-refractivity contribution is 5.66. The normalized spacial score (nSPS) is 11.6. The number of rotatable bonds is 3. The summed E-state index contributed by atoms with van der Waals surface area (Å²) in [5, 5.41) is 8.51. The number of carboxylic acids is 1. The minimum atomic E-state index is -0.782. The number of hydrogen-bond donors (Lipinski definition) is 1.